The number of amides is 1. The van der Waals surface area contributed by atoms with Gasteiger partial charge in [-0.1, -0.05) is 27.7 Å². The maximum Gasteiger partial charge on any atom is 0.237 e. The van der Waals surface area contributed by atoms with E-state index in [1.807, 2.05) is 19.9 Å². The summed E-state index contributed by atoms with van der Waals surface area (Å²) in [7, 11) is -3.76. The Morgan fingerprint density at radius 3 is 2.45 bits per heavy atom. The predicted molar refractivity (Wildman–Crippen MR) is 118 cm³/mol. The second kappa shape index (κ2) is 9.02. The van der Waals surface area contributed by atoms with Gasteiger partial charge >= 0.3 is 0 Å². The van der Waals surface area contributed by atoms with E-state index in [2.05, 4.69) is 9.71 Å². The highest BCUT2D eigenvalue weighted by Crippen LogP contribution is 2.33. The molecule has 0 saturated heterocycles. The van der Waals surface area contributed by atoms with Crippen LogP contribution in [0.25, 0.3) is 0 Å². The van der Waals surface area contributed by atoms with Gasteiger partial charge in [-0.3, -0.25) is 9.52 Å². The molecule has 1 aromatic carbocycles. The molecule has 0 aliphatic heterocycles. The van der Waals surface area contributed by atoms with Gasteiger partial charge in [0.2, 0.25) is 10.2 Å². The molecule has 0 aliphatic rings. The second-order valence-corrected chi connectivity index (χ2v) is 11.4. The van der Waals surface area contributed by atoms with E-state index in [9.17, 15) is 23.8 Å². The van der Waals surface area contributed by atoms with Crippen molar-refractivity contribution in [3.63, 3.8) is 0 Å². The Morgan fingerprint density at radius 1 is 1.39 bits per heavy atom. The fourth-order valence-electron chi connectivity index (χ4n) is 3.21. The Balaban J connectivity index is 2.42. The van der Waals surface area contributed by atoms with Crippen molar-refractivity contribution in [2.24, 2.45) is 0 Å². The Hall–Kier alpha value is -2.35. The van der Waals surface area contributed by atoms with Gasteiger partial charge in [-0.05, 0) is 48.4 Å². The number of halogens is 1. The second-order valence-electron chi connectivity index (χ2n) is 8.45. The molecule has 1 amide bonds. The number of rotatable bonds is 7. The van der Waals surface area contributed by atoms with E-state index in [-0.39, 0.29) is 33.7 Å². The van der Waals surface area contributed by atoms with Crippen LogP contribution in [-0.4, -0.2) is 20.2 Å². The number of carbonyl (C=O) groups excluding carboxylic acids is 1. The minimum Gasteiger partial charge on any atom is -0.385 e. The maximum absolute atomic E-state index is 14.9. The fraction of sp³-hybridized carbons (Fsp3) is 0.476. The highest BCUT2D eigenvalue weighted by Gasteiger charge is 2.27. The molecular weight excluding hydrogens is 439 g/mol. The Bertz CT molecular complexity index is 1140. The molecular formula is C21H27FN4O3S2. The molecule has 1 heterocycles. The molecule has 0 radical (unpaired) electrons. The minimum absolute atomic E-state index is 0.0808. The summed E-state index contributed by atoms with van der Waals surface area (Å²) >= 11 is 0.884. The molecule has 0 fully saturated rings. The summed E-state index contributed by atoms with van der Waals surface area (Å²) in [5, 5.41) is 19.3. The zero-order chi connectivity index (χ0) is 23.7. The molecule has 3 N–H and O–H groups in total. The number of thiazole rings is 1. The first-order valence-electron chi connectivity index (χ1n) is 9.72. The summed E-state index contributed by atoms with van der Waals surface area (Å²) in [5.41, 5.74) is 0.0708. The minimum atomic E-state index is -3.76. The van der Waals surface area contributed by atoms with Gasteiger partial charge in [-0.25, -0.2) is 18.4 Å². The van der Waals surface area contributed by atoms with Gasteiger partial charge < -0.3 is 5.11 Å². The third kappa shape index (κ3) is 5.47. The summed E-state index contributed by atoms with van der Waals surface area (Å²) in [5.74, 6) is -1.75. The molecule has 2 aromatic rings. The molecule has 0 saturated carbocycles. The highest BCUT2D eigenvalue weighted by atomic mass is 32.2. The first-order chi connectivity index (χ1) is 14.2. The van der Waals surface area contributed by atoms with Crippen molar-refractivity contribution >= 4 is 27.2 Å². The number of aliphatic hydroxyl groups is 1. The van der Waals surface area contributed by atoms with Crippen molar-refractivity contribution in [1.29, 1.82) is 10.0 Å². The van der Waals surface area contributed by atoms with Crippen LogP contribution in [-0.2, 0) is 26.7 Å². The highest BCUT2D eigenvalue weighted by molar-refractivity contribution is 7.93. The largest absolute Gasteiger partial charge is 0.385 e. The van der Waals surface area contributed by atoms with Gasteiger partial charge in [0.15, 0.2) is 9.92 Å². The van der Waals surface area contributed by atoms with Crippen LogP contribution in [0.3, 0.4) is 0 Å². The molecule has 31 heavy (non-hydrogen) atoms. The van der Waals surface area contributed by atoms with Gasteiger partial charge in [0.1, 0.15) is 11.9 Å². The number of benzene rings is 1. The number of hydrogen-bond acceptors (Lipinski definition) is 7. The SMILES string of the molecule is CC(C)c1cc(C#N)c(F)c(C(C)C)c1CC(=O)N[S@@](=N)(=O)c1ncc(C(C)(C)O)s1. The number of nitrogens with zero attached hydrogens (tertiary/aromatic N) is 2. The van der Waals surface area contributed by atoms with Gasteiger partial charge in [-0.15, -0.1) is 11.3 Å². The first-order valence-corrected chi connectivity index (χ1v) is 12.1. The van der Waals surface area contributed by atoms with Gasteiger partial charge in [0, 0.05) is 6.20 Å². The zero-order valence-corrected chi connectivity index (χ0v) is 20.0. The summed E-state index contributed by atoms with van der Waals surface area (Å²) in [6, 6.07) is 3.31. The number of nitrogens with one attached hydrogen (secondary N) is 2. The van der Waals surface area contributed by atoms with Crippen LogP contribution in [0.1, 0.15) is 80.5 Å². The molecule has 0 bridgehead atoms. The van der Waals surface area contributed by atoms with E-state index in [1.165, 1.54) is 26.1 Å². The third-order valence-electron chi connectivity index (χ3n) is 4.69. The summed E-state index contributed by atoms with van der Waals surface area (Å²) < 4.78 is 37.9. The van der Waals surface area contributed by atoms with Crippen molar-refractivity contribution in [3.8, 4) is 6.07 Å². The van der Waals surface area contributed by atoms with E-state index < -0.39 is 27.2 Å². The van der Waals surface area contributed by atoms with E-state index in [0.717, 1.165) is 11.3 Å². The number of nitriles is 1. The van der Waals surface area contributed by atoms with Crippen LogP contribution >= 0.6 is 11.3 Å². The number of aromatic nitrogens is 1. The van der Waals surface area contributed by atoms with E-state index in [1.54, 1.807) is 13.8 Å². The topological polar surface area (TPSA) is 127 Å². The van der Waals surface area contributed by atoms with Crippen LogP contribution < -0.4 is 4.72 Å². The molecule has 10 heteroatoms. The molecule has 1 aromatic heterocycles. The van der Waals surface area contributed by atoms with Crippen molar-refractivity contribution in [2.45, 2.75) is 69.7 Å². The Kier molecular flexibility index (Phi) is 7.25. The Morgan fingerprint density at radius 2 is 2.00 bits per heavy atom. The normalized spacial score (nSPS) is 13.8. The van der Waals surface area contributed by atoms with Crippen molar-refractivity contribution in [2.75, 3.05) is 0 Å². The monoisotopic (exact) mass is 466 g/mol. The summed E-state index contributed by atoms with van der Waals surface area (Å²) in [4.78, 5) is 17.1. The average molecular weight is 467 g/mol. The standard InChI is InChI=1S/C21H27FN4O3S2/c1-11(2)14-7-13(9-23)19(22)18(12(3)4)15(14)8-17(27)26-31(24,29)20-25-10-16(30-20)21(5,6)28/h7,10-12,28H,8H2,1-6H3,(H2,24,26,27,29)/t31-/m1/s1. The lowest BCUT2D eigenvalue weighted by Gasteiger charge is -2.21. The summed E-state index contributed by atoms with van der Waals surface area (Å²) in [6.45, 7) is 10.4. The van der Waals surface area contributed by atoms with Crippen LogP contribution in [0.4, 0.5) is 4.39 Å². The Labute approximate surface area is 186 Å². The maximum atomic E-state index is 14.9. The van der Waals surface area contributed by atoms with Crippen molar-refractivity contribution in [1.82, 2.24) is 9.71 Å². The average Bonchev–Trinajstić information content (AvgIpc) is 3.12. The van der Waals surface area contributed by atoms with Crippen LogP contribution in [0.2, 0.25) is 0 Å². The van der Waals surface area contributed by atoms with Crippen LogP contribution in [0, 0.1) is 21.9 Å². The molecule has 0 unspecified atom stereocenters. The lowest BCUT2D eigenvalue weighted by Crippen LogP contribution is -2.31. The first kappa shape index (κ1) is 24.9. The molecule has 1 atom stereocenters. The number of carbonyl (C=O) groups is 1. The molecule has 7 nitrogen and oxygen atoms in total. The fourth-order valence-corrected chi connectivity index (χ4v) is 5.40. The van der Waals surface area contributed by atoms with E-state index >= 15 is 0 Å². The van der Waals surface area contributed by atoms with Crippen molar-refractivity contribution in [3.05, 3.63) is 45.2 Å². The van der Waals surface area contributed by atoms with Gasteiger partial charge in [0.25, 0.3) is 0 Å². The molecule has 2 rings (SSSR count). The lowest BCUT2D eigenvalue weighted by molar-refractivity contribution is -0.118. The van der Waals surface area contributed by atoms with Crippen LogP contribution in [0.5, 0.6) is 0 Å². The van der Waals surface area contributed by atoms with Gasteiger partial charge in [0.05, 0.1) is 22.5 Å². The molecule has 0 spiro atoms. The van der Waals surface area contributed by atoms with E-state index in [0.29, 0.717) is 16.0 Å². The number of hydrogen-bond donors (Lipinski definition) is 3. The van der Waals surface area contributed by atoms with Crippen molar-refractivity contribution < 1.29 is 18.5 Å². The molecule has 0 aliphatic carbocycles. The van der Waals surface area contributed by atoms with E-state index in [4.69, 9.17) is 4.78 Å². The van der Waals surface area contributed by atoms with Crippen LogP contribution in [0.15, 0.2) is 16.6 Å². The summed E-state index contributed by atoms with van der Waals surface area (Å²) in [6.07, 6.45) is 1.04. The lowest BCUT2D eigenvalue weighted by atomic mass is 9.85. The smallest absolute Gasteiger partial charge is 0.237 e. The quantitative estimate of drug-likeness (QED) is 0.560. The van der Waals surface area contributed by atoms with Gasteiger partial charge in [-0.2, -0.15) is 5.26 Å². The third-order valence-corrected chi connectivity index (χ3v) is 7.87. The predicted octanol–water partition coefficient (Wildman–Crippen LogP) is 4.31. The zero-order valence-electron chi connectivity index (χ0n) is 18.4. The molecule has 168 valence electrons.